The molecule has 0 aliphatic rings. The molecule has 0 radical (unpaired) electrons. The lowest BCUT2D eigenvalue weighted by Crippen LogP contribution is -2.38. The summed E-state index contributed by atoms with van der Waals surface area (Å²) >= 11 is 0. The lowest BCUT2D eigenvalue weighted by molar-refractivity contribution is -0.384. The molecule has 0 aliphatic carbocycles. The number of non-ortho nitro benzene ring substituents is 1. The number of hydrogen-bond donors (Lipinski definition) is 3. The van der Waals surface area contributed by atoms with Crippen molar-refractivity contribution in [2.75, 3.05) is 12.4 Å². The Balaban J connectivity index is 3.00. The number of nitro benzene ring substituents is 1. The molecule has 0 bridgehead atoms. The van der Waals surface area contributed by atoms with Crippen LogP contribution in [0.3, 0.4) is 0 Å². The molecular weight excluding hydrogens is 344 g/mol. The van der Waals surface area contributed by atoms with E-state index in [0.29, 0.717) is 0 Å². The lowest BCUT2D eigenvalue weighted by atomic mass is 10.1. The number of hydrogen-bond acceptors (Lipinski definition) is 7. The van der Waals surface area contributed by atoms with Gasteiger partial charge in [0.1, 0.15) is 23.4 Å². The SMILES string of the molecule is COc1cc([N+](=O)[O-])ccc1NC(=O)/C(C#N)=C\NC(C(=O)O)C(C)C. The molecule has 1 amide bonds. The average molecular weight is 362 g/mol. The minimum Gasteiger partial charge on any atom is -0.494 e. The Labute approximate surface area is 149 Å². The van der Waals surface area contributed by atoms with Gasteiger partial charge in [-0.1, -0.05) is 13.8 Å². The number of ether oxygens (including phenoxy) is 1. The van der Waals surface area contributed by atoms with Gasteiger partial charge in [-0.05, 0) is 12.0 Å². The van der Waals surface area contributed by atoms with Crippen LogP contribution in [0.5, 0.6) is 5.75 Å². The average Bonchev–Trinajstić information content (AvgIpc) is 2.57. The monoisotopic (exact) mass is 362 g/mol. The summed E-state index contributed by atoms with van der Waals surface area (Å²) in [6, 6.07) is 4.26. The first-order valence-corrected chi connectivity index (χ1v) is 7.44. The molecule has 26 heavy (non-hydrogen) atoms. The largest absolute Gasteiger partial charge is 0.494 e. The molecule has 3 N–H and O–H groups in total. The summed E-state index contributed by atoms with van der Waals surface area (Å²) < 4.78 is 5.00. The predicted octanol–water partition coefficient (Wildman–Crippen LogP) is 1.65. The molecule has 1 atom stereocenters. The van der Waals surface area contributed by atoms with Gasteiger partial charge in [-0.15, -0.1) is 0 Å². The van der Waals surface area contributed by atoms with E-state index in [1.807, 2.05) is 0 Å². The van der Waals surface area contributed by atoms with Gasteiger partial charge in [0.15, 0.2) is 0 Å². The number of rotatable bonds is 8. The van der Waals surface area contributed by atoms with Gasteiger partial charge >= 0.3 is 5.97 Å². The van der Waals surface area contributed by atoms with Crippen LogP contribution in [0.4, 0.5) is 11.4 Å². The quantitative estimate of drug-likeness (QED) is 0.273. The van der Waals surface area contributed by atoms with Gasteiger partial charge in [0.05, 0.1) is 23.8 Å². The third kappa shape index (κ3) is 5.20. The van der Waals surface area contributed by atoms with Crippen molar-refractivity contribution in [3.8, 4) is 11.8 Å². The number of nitrogens with one attached hydrogen (secondary N) is 2. The van der Waals surface area contributed by atoms with Crippen LogP contribution >= 0.6 is 0 Å². The fourth-order valence-electron chi connectivity index (χ4n) is 1.96. The summed E-state index contributed by atoms with van der Waals surface area (Å²) in [5.74, 6) is -2.17. The smallest absolute Gasteiger partial charge is 0.326 e. The summed E-state index contributed by atoms with van der Waals surface area (Å²) in [4.78, 5) is 33.5. The molecule has 138 valence electrons. The van der Waals surface area contributed by atoms with E-state index in [-0.39, 0.29) is 28.6 Å². The third-order valence-corrected chi connectivity index (χ3v) is 3.35. The molecule has 10 heteroatoms. The maximum Gasteiger partial charge on any atom is 0.326 e. The van der Waals surface area contributed by atoms with Crippen molar-refractivity contribution in [1.29, 1.82) is 5.26 Å². The minimum absolute atomic E-state index is 0.0448. The molecule has 1 aromatic carbocycles. The first-order chi connectivity index (χ1) is 12.2. The molecule has 0 saturated carbocycles. The third-order valence-electron chi connectivity index (χ3n) is 3.35. The van der Waals surface area contributed by atoms with E-state index in [9.17, 15) is 19.7 Å². The number of anilines is 1. The van der Waals surface area contributed by atoms with Crippen LogP contribution in [0.2, 0.25) is 0 Å². The number of nitrogens with zero attached hydrogens (tertiary/aromatic N) is 2. The molecule has 1 unspecified atom stereocenters. The van der Waals surface area contributed by atoms with Crippen molar-refractivity contribution in [3.05, 3.63) is 40.1 Å². The number of amides is 1. The minimum atomic E-state index is -1.12. The van der Waals surface area contributed by atoms with Gasteiger partial charge < -0.3 is 20.5 Å². The number of methoxy groups -OCH3 is 1. The van der Waals surface area contributed by atoms with Crippen LogP contribution in [0, 0.1) is 27.4 Å². The highest BCUT2D eigenvalue weighted by atomic mass is 16.6. The number of aliphatic carboxylic acids is 1. The van der Waals surface area contributed by atoms with Crippen LogP contribution in [-0.2, 0) is 9.59 Å². The molecule has 0 saturated heterocycles. The highest BCUT2D eigenvalue weighted by Crippen LogP contribution is 2.29. The Morgan fingerprint density at radius 1 is 1.42 bits per heavy atom. The highest BCUT2D eigenvalue weighted by Gasteiger charge is 2.21. The van der Waals surface area contributed by atoms with Gasteiger partial charge in [0.2, 0.25) is 0 Å². The second kappa shape index (κ2) is 9.03. The number of carbonyl (C=O) groups excluding carboxylic acids is 1. The first kappa shape index (κ1) is 20.4. The second-order valence-electron chi connectivity index (χ2n) is 5.49. The van der Waals surface area contributed by atoms with E-state index in [4.69, 9.17) is 15.1 Å². The number of carboxylic acid groups (broad SMARTS) is 1. The molecule has 10 nitrogen and oxygen atoms in total. The molecule has 1 rings (SSSR count). The predicted molar refractivity (Wildman–Crippen MR) is 91.4 cm³/mol. The van der Waals surface area contributed by atoms with Crippen LogP contribution in [0.15, 0.2) is 30.0 Å². The van der Waals surface area contributed by atoms with Crippen molar-refractivity contribution in [1.82, 2.24) is 5.32 Å². The van der Waals surface area contributed by atoms with Gasteiger partial charge in [-0.25, -0.2) is 4.79 Å². The van der Waals surface area contributed by atoms with E-state index in [0.717, 1.165) is 12.3 Å². The summed E-state index contributed by atoms with van der Waals surface area (Å²) in [6.07, 6.45) is 1.02. The lowest BCUT2D eigenvalue weighted by Gasteiger charge is -2.16. The van der Waals surface area contributed by atoms with Crippen molar-refractivity contribution >= 4 is 23.3 Å². The second-order valence-corrected chi connectivity index (χ2v) is 5.49. The Bertz CT molecular complexity index is 781. The maximum atomic E-state index is 12.2. The summed E-state index contributed by atoms with van der Waals surface area (Å²) in [5.41, 5.74) is -0.459. The topological polar surface area (TPSA) is 155 Å². The Morgan fingerprint density at radius 2 is 2.08 bits per heavy atom. The number of nitro groups is 1. The number of benzene rings is 1. The number of carbonyl (C=O) groups is 2. The van der Waals surface area contributed by atoms with Gasteiger partial charge in [0.25, 0.3) is 11.6 Å². The Hall–Kier alpha value is -3.61. The molecule has 0 fully saturated rings. The molecule has 1 aromatic rings. The van der Waals surface area contributed by atoms with Crippen molar-refractivity contribution < 1.29 is 24.4 Å². The van der Waals surface area contributed by atoms with E-state index in [2.05, 4.69) is 10.6 Å². The number of carboxylic acids is 1. The maximum absolute atomic E-state index is 12.2. The standard InChI is InChI=1S/C16H18N4O6/c1-9(2)14(16(22)23)18-8-10(7-17)15(21)19-12-5-4-11(20(24)25)6-13(12)26-3/h4-6,8-9,14,18H,1-3H3,(H,19,21)(H,22,23)/b10-8-. The van der Waals surface area contributed by atoms with Crippen molar-refractivity contribution in [2.24, 2.45) is 5.92 Å². The van der Waals surface area contributed by atoms with Crippen LogP contribution in [0.25, 0.3) is 0 Å². The van der Waals surface area contributed by atoms with E-state index >= 15 is 0 Å². The molecule has 0 heterocycles. The van der Waals surface area contributed by atoms with Crippen LogP contribution in [-0.4, -0.2) is 35.1 Å². The highest BCUT2D eigenvalue weighted by molar-refractivity contribution is 6.07. The first-order valence-electron chi connectivity index (χ1n) is 7.44. The Kier molecular flexibility index (Phi) is 7.09. The summed E-state index contributed by atoms with van der Waals surface area (Å²) in [6.45, 7) is 3.35. The summed E-state index contributed by atoms with van der Waals surface area (Å²) in [7, 11) is 1.28. The zero-order valence-corrected chi connectivity index (χ0v) is 14.3. The van der Waals surface area contributed by atoms with E-state index < -0.39 is 22.8 Å². The number of nitriles is 1. The van der Waals surface area contributed by atoms with Crippen LogP contribution < -0.4 is 15.4 Å². The fourth-order valence-corrected chi connectivity index (χ4v) is 1.96. The molecular formula is C16H18N4O6. The van der Waals surface area contributed by atoms with Gasteiger partial charge in [0, 0.05) is 12.3 Å². The van der Waals surface area contributed by atoms with Gasteiger partial charge in [-0.2, -0.15) is 5.26 Å². The molecule has 0 aromatic heterocycles. The van der Waals surface area contributed by atoms with Crippen molar-refractivity contribution in [3.63, 3.8) is 0 Å². The van der Waals surface area contributed by atoms with Crippen molar-refractivity contribution in [2.45, 2.75) is 19.9 Å². The molecule has 0 aliphatic heterocycles. The summed E-state index contributed by atoms with van der Waals surface area (Å²) in [5, 5.41) is 33.9. The Morgan fingerprint density at radius 3 is 2.54 bits per heavy atom. The normalized spacial score (nSPS) is 12.0. The zero-order valence-electron chi connectivity index (χ0n) is 14.3. The van der Waals surface area contributed by atoms with Gasteiger partial charge in [-0.3, -0.25) is 14.9 Å². The van der Waals surface area contributed by atoms with E-state index in [1.54, 1.807) is 19.9 Å². The fraction of sp³-hybridized carbons (Fsp3) is 0.312. The molecule has 0 spiro atoms. The van der Waals surface area contributed by atoms with Crippen LogP contribution in [0.1, 0.15) is 13.8 Å². The van der Waals surface area contributed by atoms with E-state index in [1.165, 1.54) is 19.2 Å². The zero-order chi connectivity index (χ0) is 19.9.